The van der Waals surface area contributed by atoms with Crippen LogP contribution in [0.5, 0.6) is 0 Å². The molecule has 0 aliphatic heterocycles. The van der Waals surface area contributed by atoms with Crippen LogP contribution in [0.25, 0.3) is 20.9 Å². The van der Waals surface area contributed by atoms with E-state index in [2.05, 4.69) is 20.1 Å². The van der Waals surface area contributed by atoms with Gasteiger partial charge in [-0.05, 0) is 23.2 Å². The van der Waals surface area contributed by atoms with Gasteiger partial charge in [0.1, 0.15) is 0 Å². The average molecular weight is 322 g/mol. The van der Waals surface area contributed by atoms with E-state index in [-0.39, 0.29) is 11.4 Å². The van der Waals surface area contributed by atoms with Crippen LogP contribution in [0.4, 0.5) is 0 Å². The molecule has 1 aromatic rings. The highest BCUT2D eigenvalue weighted by molar-refractivity contribution is 7.92. The largest absolute Gasteiger partial charge is 0.297 e. The van der Waals surface area contributed by atoms with Gasteiger partial charge in [0.05, 0.1) is 4.90 Å². The summed E-state index contributed by atoms with van der Waals surface area (Å²) in [5, 5.41) is 4.53. The Balaban J connectivity index is 3.33. The lowest BCUT2D eigenvalue weighted by molar-refractivity contribution is -0.126. The second-order valence-corrected chi connectivity index (χ2v) is 7.06. The normalized spacial score (nSPS) is 12.6. The maximum absolute atomic E-state index is 12.5. The Hall–Kier alpha value is -2.54. The van der Waals surface area contributed by atoms with Crippen molar-refractivity contribution in [2.75, 3.05) is 6.54 Å². The van der Waals surface area contributed by atoms with Gasteiger partial charge in [-0.25, -0.2) is 8.42 Å². The number of benzene rings is 1. The number of nitrogens with zero attached hydrogens (tertiary/aromatic N) is 6. The van der Waals surface area contributed by atoms with E-state index in [9.17, 15) is 13.2 Å². The minimum absolute atomic E-state index is 0.125. The van der Waals surface area contributed by atoms with Gasteiger partial charge in [-0.3, -0.25) is 4.79 Å². The molecule has 9 nitrogen and oxygen atoms in total. The van der Waals surface area contributed by atoms with Crippen LogP contribution in [0.1, 0.15) is 13.8 Å². The molecule has 0 N–H and O–H groups in total. The highest BCUT2D eigenvalue weighted by atomic mass is 32.2. The molecule has 0 spiro atoms. The third-order valence-corrected chi connectivity index (χ3v) is 4.77. The second-order valence-electron chi connectivity index (χ2n) is 5.05. The SMILES string of the molecule is CC(C)(CN=[N+]=[N-])C(=O)C(N=[N+]=[N-])S(=O)(=O)c1ccccc1. The van der Waals surface area contributed by atoms with Crippen molar-refractivity contribution in [2.24, 2.45) is 15.6 Å². The van der Waals surface area contributed by atoms with Crippen LogP contribution in [-0.4, -0.2) is 26.1 Å². The van der Waals surface area contributed by atoms with E-state index in [1.165, 1.54) is 38.1 Å². The van der Waals surface area contributed by atoms with Crippen molar-refractivity contribution in [3.63, 3.8) is 0 Å². The Kier molecular flexibility index (Phi) is 5.53. The summed E-state index contributed by atoms with van der Waals surface area (Å²) in [7, 11) is -4.18. The predicted octanol–water partition coefficient (Wildman–Crippen LogP) is 3.00. The van der Waals surface area contributed by atoms with Crippen molar-refractivity contribution in [3.05, 3.63) is 51.2 Å². The van der Waals surface area contributed by atoms with Crippen LogP contribution >= 0.6 is 0 Å². The lowest BCUT2D eigenvalue weighted by Crippen LogP contribution is -2.40. The van der Waals surface area contributed by atoms with E-state index in [1.807, 2.05) is 0 Å². The molecular formula is C12H14N6O3S. The van der Waals surface area contributed by atoms with E-state index < -0.39 is 26.4 Å². The molecule has 0 fully saturated rings. The zero-order valence-corrected chi connectivity index (χ0v) is 12.8. The molecule has 0 saturated heterocycles. The minimum atomic E-state index is -4.18. The fourth-order valence-electron chi connectivity index (χ4n) is 1.66. The molecule has 1 aromatic carbocycles. The summed E-state index contributed by atoms with van der Waals surface area (Å²) in [6.45, 7) is 2.60. The quantitative estimate of drug-likeness (QED) is 0.431. The van der Waals surface area contributed by atoms with Gasteiger partial charge >= 0.3 is 0 Å². The number of hydrogen-bond donors (Lipinski definition) is 0. The number of carbonyl (C=O) groups excluding carboxylic acids is 1. The van der Waals surface area contributed by atoms with Crippen LogP contribution in [0.3, 0.4) is 0 Å². The monoisotopic (exact) mass is 322 g/mol. The van der Waals surface area contributed by atoms with Crippen molar-refractivity contribution in [1.29, 1.82) is 0 Å². The van der Waals surface area contributed by atoms with Gasteiger partial charge in [0.25, 0.3) is 0 Å². The lowest BCUT2D eigenvalue weighted by atomic mass is 9.88. The number of hydrogen-bond acceptors (Lipinski definition) is 5. The fourth-order valence-corrected chi connectivity index (χ4v) is 3.22. The number of rotatable bonds is 7. The molecule has 0 saturated carbocycles. The molecule has 0 bridgehead atoms. The molecule has 0 heterocycles. The Morgan fingerprint density at radius 3 is 2.32 bits per heavy atom. The van der Waals surface area contributed by atoms with Gasteiger partial charge in [0.2, 0.25) is 5.37 Å². The number of Topliss-reactive ketones (excluding diaryl/α,β-unsaturated/α-hetero) is 1. The van der Waals surface area contributed by atoms with E-state index >= 15 is 0 Å². The van der Waals surface area contributed by atoms with Crippen LogP contribution in [0.15, 0.2) is 45.5 Å². The van der Waals surface area contributed by atoms with Crippen molar-refractivity contribution < 1.29 is 13.2 Å². The van der Waals surface area contributed by atoms with Crippen molar-refractivity contribution in [2.45, 2.75) is 24.1 Å². The van der Waals surface area contributed by atoms with Gasteiger partial charge in [0.15, 0.2) is 15.6 Å². The fraction of sp³-hybridized carbons (Fsp3) is 0.417. The van der Waals surface area contributed by atoms with Crippen molar-refractivity contribution in [3.8, 4) is 0 Å². The number of azide groups is 2. The van der Waals surface area contributed by atoms with E-state index in [0.29, 0.717) is 0 Å². The first-order valence-electron chi connectivity index (χ1n) is 6.15. The molecule has 1 unspecified atom stereocenters. The van der Waals surface area contributed by atoms with Gasteiger partial charge in [0, 0.05) is 21.8 Å². The van der Waals surface area contributed by atoms with E-state index in [4.69, 9.17) is 11.1 Å². The smallest absolute Gasteiger partial charge is 0.202 e. The topological polar surface area (TPSA) is 149 Å². The van der Waals surface area contributed by atoms with E-state index in [0.717, 1.165) is 0 Å². The first kappa shape index (κ1) is 17.5. The second kappa shape index (κ2) is 6.95. The van der Waals surface area contributed by atoms with Crippen LogP contribution in [0.2, 0.25) is 0 Å². The summed E-state index contributed by atoms with van der Waals surface area (Å²) in [5.41, 5.74) is 15.7. The third-order valence-electron chi connectivity index (χ3n) is 2.94. The van der Waals surface area contributed by atoms with Gasteiger partial charge < -0.3 is 0 Å². The molecule has 0 aliphatic rings. The standard InChI is InChI=1S/C12H14N6O3S/c1-12(2,8-15-17-13)10(19)11(16-18-14)22(20,21)9-6-4-3-5-7-9/h3-7,11H,8H2,1-2H3. The Bertz CT molecular complexity index is 746. The van der Waals surface area contributed by atoms with E-state index in [1.54, 1.807) is 6.07 Å². The summed E-state index contributed by atoms with van der Waals surface area (Å²) in [6.07, 6.45) is 0. The van der Waals surface area contributed by atoms with Gasteiger partial charge in [-0.1, -0.05) is 42.3 Å². The van der Waals surface area contributed by atoms with Crippen LogP contribution in [-0.2, 0) is 14.6 Å². The molecule has 116 valence electrons. The number of ketones is 1. The Morgan fingerprint density at radius 2 is 1.82 bits per heavy atom. The number of carbonyl (C=O) groups is 1. The van der Waals surface area contributed by atoms with Crippen LogP contribution in [0, 0.1) is 5.41 Å². The molecule has 0 aromatic heterocycles. The highest BCUT2D eigenvalue weighted by Gasteiger charge is 2.40. The average Bonchev–Trinajstić information content (AvgIpc) is 2.50. The molecule has 10 heteroatoms. The van der Waals surface area contributed by atoms with Crippen LogP contribution < -0.4 is 0 Å². The summed E-state index contributed by atoms with van der Waals surface area (Å²) in [6, 6.07) is 7.23. The van der Waals surface area contributed by atoms with Gasteiger partial charge in [-0.2, -0.15) is 0 Å². The molecule has 0 aliphatic carbocycles. The zero-order valence-electron chi connectivity index (χ0n) is 12.0. The lowest BCUT2D eigenvalue weighted by Gasteiger charge is -2.24. The summed E-state index contributed by atoms with van der Waals surface area (Å²) < 4.78 is 25.0. The van der Waals surface area contributed by atoms with Crippen molar-refractivity contribution >= 4 is 15.6 Å². The number of sulfone groups is 1. The highest BCUT2D eigenvalue weighted by Crippen LogP contribution is 2.27. The predicted molar refractivity (Wildman–Crippen MR) is 79.4 cm³/mol. The maximum atomic E-state index is 12.5. The first-order chi connectivity index (χ1) is 10.3. The summed E-state index contributed by atoms with van der Waals surface area (Å²) >= 11 is 0. The molecule has 22 heavy (non-hydrogen) atoms. The molecule has 1 rings (SSSR count). The molecular weight excluding hydrogens is 308 g/mol. The Labute approximate surface area is 127 Å². The molecule has 1 atom stereocenters. The molecule has 0 amide bonds. The van der Waals surface area contributed by atoms with Crippen molar-refractivity contribution in [1.82, 2.24) is 0 Å². The Morgan fingerprint density at radius 1 is 1.23 bits per heavy atom. The minimum Gasteiger partial charge on any atom is -0.297 e. The first-order valence-corrected chi connectivity index (χ1v) is 7.70. The van der Waals surface area contributed by atoms with Gasteiger partial charge in [-0.15, -0.1) is 0 Å². The maximum Gasteiger partial charge on any atom is 0.202 e. The third kappa shape index (κ3) is 3.76. The summed E-state index contributed by atoms with van der Waals surface area (Å²) in [4.78, 5) is 17.3. The molecule has 0 radical (unpaired) electrons. The summed E-state index contributed by atoms with van der Waals surface area (Å²) in [5.74, 6) is -0.832. The zero-order chi connectivity index (χ0) is 16.8.